The Morgan fingerprint density at radius 3 is 1.38 bits per heavy atom. The molecule has 0 saturated heterocycles. The summed E-state index contributed by atoms with van der Waals surface area (Å²) in [7, 11) is 1.41. The summed E-state index contributed by atoms with van der Waals surface area (Å²) in [6.45, 7) is 2.14. The molecule has 0 aliphatic carbocycles. The number of rotatable bonds is 15. The Morgan fingerprint density at radius 2 is 1.08 bits per heavy atom. The lowest BCUT2D eigenvalue weighted by molar-refractivity contribution is -0.148. The molecule has 1 atom stereocenters. The second-order valence-electron chi connectivity index (χ2n) is 5.71. The third-order valence-electron chi connectivity index (χ3n) is 3.51. The summed E-state index contributed by atoms with van der Waals surface area (Å²) in [5.74, 6) is -0.924. The highest BCUT2D eigenvalue weighted by atomic mass is 16.5. The highest BCUT2D eigenvalue weighted by Crippen LogP contribution is 2.00. The molecule has 1 N–H and O–H groups in total. The molecule has 0 bridgehead atoms. The van der Waals surface area contributed by atoms with Gasteiger partial charge in [0.05, 0.1) is 0 Å². The highest BCUT2D eigenvalue weighted by Gasteiger charge is 2.13. The smallest absolute Gasteiger partial charge is 0.333 e. The number of carboxylic acids is 1. The number of allylic oxidation sites excluding steroid dienone is 11. The summed E-state index contributed by atoms with van der Waals surface area (Å²) in [5, 5.41) is 8.83. The fourth-order valence-electron chi connectivity index (χ4n) is 2.04. The van der Waals surface area contributed by atoms with Crippen LogP contribution in [-0.2, 0) is 9.53 Å². The van der Waals surface area contributed by atoms with E-state index in [1.807, 2.05) is 12.2 Å². The Kier molecular flexibility index (Phi) is 17.6. The van der Waals surface area contributed by atoms with Gasteiger partial charge in [0.1, 0.15) is 0 Å². The van der Waals surface area contributed by atoms with E-state index in [1.165, 1.54) is 7.11 Å². The first-order valence-electron chi connectivity index (χ1n) is 9.37. The highest BCUT2D eigenvalue weighted by molar-refractivity contribution is 5.72. The van der Waals surface area contributed by atoms with Crippen LogP contribution in [0.1, 0.15) is 51.9 Å². The number of hydrogen-bond donors (Lipinski definition) is 1. The number of ether oxygens (including phenoxy) is 1. The predicted molar refractivity (Wildman–Crippen MR) is 111 cm³/mol. The van der Waals surface area contributed by atoms with E-state index in [1.54, 1.807) is 0 Å². The molecule has 0 aromatic heterocycles. The Labute approximate surface area is 159 Å². The molecule has 0 aliphatic heterocycles. The molecular formula is C23H34O3. The Morgan fingerprint density at radius 1 is 0.731 bits per heavy atom. The summed E-state index contributed by atoms with van der Waals surface area (Å²) in [4.78, 5) is 10.8. The third-order valence-corrected chi connectivity index (χ3v) is 3.51. The van der Waals surface area contributed by atoms with Gasteiger partial charge in [-0.3, -0.25) is 0 Å². The first kappa shape index (κ1) is 23.9. The van der Waals surface area contributed by atoms with E-state index in [0.717, 1.165) is 38.5 Å². The van der Waals surface area contributed by atoms with Crippen LogP contribution in [0.3, 0.4) is 0 Å². The first-order chi connectivity index (χ1) is 12.7. The Balaban J connectivity index is 3.65. The molecule has 0 aromatic rings. The molecule has 0 aliphatic rings. The van der Waals surface area contributed by atoms with Crippen LogP contribution in [0.4, 0.5) is 0 Å². The molecule has 0 rings (SSSR count). The van der Waals surface area contributed by atoms with Crippen molar-refractivity contribution in [1.82, 2.24) is 0 Å². The molecule has 26 heavy (non-hydrogen) atoms. The summed E-state index contributed by atoms with van der Waals surface area (Å²) < 4.78 is 4.86. The largest absolute Gasteiger partial charge is 0.479 e. The van der Waals surface area contributed by atoms with Gasteiger partial charge in [-0.05, 0) is 38.5 Å². The molecule has 0 radical (unpaired) electrons. The average molecular weight is 359 g/mol. The van der Waals surface area contributed by atoms with E-state index < -0.39 is 12.1 Å². The molecule has 1 unspecified atom stereocenters. The van der Waals surface area contributed by atoms with E-state index in [9.17, 15) is 4.79 Å². The van der Waals surface area contributed by atoms with Crippen LogP contribution >= 0.6 is 0 Å². The van der Waals surface area contributed by atoms with Crippen molar-refractivity contribution in [3.8, 4) is 0 Å². The van der Waals surface area contributed by atoms with E-state index in [2.05, 4.69) is 67.7 Å². The molecule has 0 amide bonds. The molecule has 0 spiro atoms. The summed E-state index contributed by atoms with van der Waals surface area (Å²) >= 11 is 0. The van der Waals surface area contributed by atoms with Gasteiger partial charge in [-0.2, -0.15) is 0 Å². The van der Waals surface area contributed by atoms with E-state index in [-0.39, 0.29) is 0 Å². The van der Waals surface area contributed by atoms with Gasteiger partial charge in [0.15, 0.2) is 6.10 Å². The third kappa shape index (κ3) is 16.7. The minimum Gasteiger partial charge on any atom is -0.479 e. The maximum atomic E-state index is 10.8. The van der Waals surface area contributed by atoms with Crippen LogP contribution < -0.4 is 0 Å². The van der Waals surface area contributed by atoms with Crippen molar-refractivity contribution in [2.45, 2.75) is 58.0 Å². The van der Waals surface area contributed by atoms with Crippen molar-refractivity contribution in [3.05, 3.63) is 72.9 Å². The lowest BCUT2D eigenvalue weighted by Gasteiger charge is -2.05. The lowest BCUT2D eigenvalue weighted by Crippen LogP contribution is -2.21. The SMILES string of the molecule is CC/C=C\C/C=C\C/C=C\C/C=C\C/C=C\C/C=C\CC(OC)C(=O)O. The topological polar surface area (TPSA) is 46.5 Å². The zero-order valence-corrected chi connectivity index (χ0v) is 16.2. The van der Waals surface area contributed by atoms with Crippen LogP contribution in [0.2, 0.25) is 0 Å². The molecule has 3 heteroatoms. The molecular weight excluding hydrogens is 324 g/mol. The summed E-state index contributed by atoms with van der Waals surface area (Å²) in [6, 6.07) is 0. The maximum absolute atomic E-state index is 10.8. The fourth-order valence-corrected chi connectivity index (χ4v) is 2.04. The van der Waals surface area contributed by atoms with Crippen molar-refractivity contribution in [2.24, 2.45) is 0 Å². The lowest BCUT2D eigenvalue weighted by atomic mass is 10.2. The molecule has 0 saturated carbocycles. The predicted octanol–water partition coefficient (Wildman–Crippen LogP) is 6.17. The van der Waals surface area contributed by atoms with Gasteiger partial charge in [0.25, 0.3) is 0 Å². The van der Waals surface area contributed by atoms with Crippen molar-refractivity contribution in [3.63, 3.8) is 0 Å². The Bertz CT molecular complexity index is 508. The van der Waals surface area contributed by atoms with Gasteiger partial charge >= 0.3 is 5.97 Å². The Hall–Kier alpha value is -2.13. The van der Waals surface area contributed by atoms with Gasteiger partial charge in [-0.1, -0.05) is 79.8 Å². The van der Waals surface area contributed by atoms with Crippen LogP contribution in [0.25, 0.3) is 0 Å². The van der Waals surface area contributed by atoms with Crippen molar-refractivity contribution >= 4 is 5.97 Å². The summed E-state index contributed by atoms with van der Waals surface area (Å²) in [5.41, 5.74) is 0. The maximum Gasteiger partial charge on any atom is 0.333 e. The molecule has 0 fully saturated rings. The molecule has 3 nitrogen and oxygen atoms in total. The van der Waals surface area contributed by atoms with Gasteiger partial charge in [0, 0.05) is 13.5 Å². The number of hydrogen-bond acceptors (Lipinski definition) is 2. The van der Waals surface area contributed by atoms with Crippen molar-refractivity contribution < 1.29 is 14.6 Å². The van der Waals surface area contributed by atoms with E-state index >= 15 is 0 Å². The minimum atomic E-state index is -0.924. The van der Waals surface area contributed by atoms with Crippen LogP contribution in [0, 0.1) is 0 Å². The molecule has 0 aromatic carbocycles. The normalized spacial score (nSPS) is 14.2. The van der Waals surface area contributed by atoms with Crippen LogP contribution in [-0.4, -0.2) is 24.3 Å². The second kappa shape index (κ2) is 19.2. The number of carbonyl (C=O) groups is 1. The van der Waals surface area contributed by atoms with Gasteiger partial charge < -0.3 is 9.84 Å². The van der Waals surface area contributed by atoms with Crippen LogP contribution in [0.15, 0.2) is 72.9 Å². The monoisotopic (exact) mass is 358 g/mol. The standard InChI is InChI=1S/C23H34O3/c1-3-4-5-6-7-8-9-10-11-12-13-14-15-16-17-18-19-20-21-22(26-2)23(24)25/h4-5,7-8,10-11,13-14,16-17,19-20,22H,3,6,9,12,15,18,21H2,1-2H3,(H,24,25)/b5-4-,8-7-,11-10-,14-13-,17-16-,20-19-. The second-order valence-corrected chi connectivity index (χ2v) is 5.71. The van der Waals surface area contributed by atoms with E-state index in [4.69, 9.17) is 9.84 Å². The summed E-state index contributed by atoms with van der Waals surface area (Å²) in [6.07, 6.45) is 30.9. The fraction of sp³-hybridized carbons (Fsp3) is 0.435. The number of carboxylic acid groups (broad SMARTS) is 1. The zero-order chi connectivity index (χ0) is 19.3. The minimum absolute atomic E-state index is 0.399. The van der Waals surface area contributed by atoms with Gasteiger partial charge in [-0.25, -0.2) is 4.79 Å². The first-order valence-corrected chi connectivity index (χ1v) is 9.37. The average Bonchev–Trinajstić information content (AvgIpc) is 2.63. The number of aliphatic carboxylic acids is 1. The van der Waals surface area contributed by atoms with Gasteiger partial charge in [-0.15, -0.1) is 0 Å². The van der Waals surface area contributed by atoms with Gasteiger partial charge in [0.2, 0.25) is 0 Å². The molecule has 0 heterocycles. The zero-order valence-electron chi connectivity index (χ0n) is 16.2. The molecule has 144 valence electrons. The number of methoxy groups -OCH3 is 1. The van der Waals surface area contributed by atoms with Crippen molar-refractivity contribution in [1.29, 1.82) is 0 Å². The quantitative estimate of drug-likeness (QED) is 0.356. The van der Waals surface area contributed by atoms with Crippen LogP contribution in [0.5, 0.6) is 0 Å². The van der Waals surface area contributed by atoms with Crippen molar-refractivity contribution in [2.75, 3.05) is 7.11 Å². The van der Waals surface area contributed by atoms with E-state index in [0.29, 0.717) is 6.42 Å².